The Morgan fingerprint density at radius 3 is 2.34 bits per heavy atom. The van der Waals surface area contributed by atoms with Crippen LogP contribution >= 0.6 is 0 Å². The number of aryl methyl sites for hydroxylation is 1. The number of azide groups is 1. The summed E-state index contributed by atoms with van der Waals surface area (Å²) in [6.45, 7) is 11.7. The summed E-state index contributed by atoms with van der Waals surface area (Å²) < 4.78 is 68.6. The highest BCUT2D eigenvalue weighted by Crippen LogP contribution is 2.48. The first kappa shape index (κ1) is 46.6. The number of aliphatic imine (C=N–C) groups is 1. The van der Waals surface area contributed by atoms with Crippen LogP contribution in [0.4, 0.5) is 5.69 Å². The molecule has 1 aliphatic heterocycles. The minimum atomic E-state index is -4.46. The Hall–Kier alpha value is -5.05. The maximum absolute atomic E-state index is 12.3. The van der Waals surface area contributed by atoms with Crippen LogP contribution in [0.3, 0.4) is 0 Å². The molecular weight excluding hydrogens is 789 g/mol. The third-order valence-corrected chi connectivity index (χ3v) is 12.3. The summed E-state index contributed by atoms with van der Waals surface area (Å²) in [7, 11) is -8.91. The minimum absolute atomic E-state index is 0.0642. The monoisotopic (exact) mass is 844 g/mol. The number of benzene rings is 2. The van der Waals surface area contributed by atoms with E-state index in [2.05, 4.69) is 32.4 Å². The average Bonchev–Trinajstić information content (AvgIpc) is 3.36. The summed E-state index contributed by atoms with van der Waals surface area (Å²) in [5, 5.41) is 6.32. The molecule has 13 nitrogen and oxygen atoms in total. The van der Waals surface area contributed by atoms with Gasteiger partial charge in [-0.1, -0.05) is 93.9 Å². The first-order valence-corrected chi connectivity index (χ1v) is 22.7. The lowest BCUT2D eigenvalue weighted by Gasteiger charge is -2.29. The number of unbranched alkanes of at least 4 members (excludes halogenated alkanes) is 2. The summed E-state index contributed by atoms with van der Waals surface area (Å²) in [6.07, 6.45) is 24.5. The van der Waals surface area contributed by atoms with Gasteiger partial charge in [0.25, 0.3) is 20.2 Å². The van der Waals surface area contributed by atoms with E-state index >= 15 is 0 Å². The zero-order valence-electron chi connectivity index (χ0n) is 34.5. The number of carbonyl (C=O) groups is 1. The number of hydrogen-bond donors (Lipinski definition) is 3. The van der Waals surface area contributed by atoms with Crippen LogP contribution in [0.15, 0.2) is 128 Å². The van der Waals surface area contributed by atoms with Crippen LogP contribution in [-0.4, -0.2) is 63.7 Å². The van der Waals surface area contributed by atoms with E-state index in [4.69, 9.17) is 10.5 Å². The second-order valence-corrected chi connectivity index (χ2v) is 18.5. The number of carbonyl (C=O) groups excluding carboxylic acids is 1. The fourth-order valence-electron chi connectivity index (χ4n) is 7.32. The van der Waals surface area contributed by atoms with Crippen LogP contribution in [-0.2, 0) is 35.9 Å². The van der Waals surface area contributed by atoms with Crippen molar-refractivity contribution in [3.05, 3.63) is 136 Å². The highest BCUT2D eigenvalue weighted by molar-refractivity contribution is 7.86. The van der Waals surface area contributed by atoms with Crippen molar-refractivity contribution in [3.8, 4) is 0 Å². The van der Waals surface area contributed by atoms with Crippen molar-refractivity contribution in [1.82, 2.24) is 5.32 Å². The van der Waals surface area contributed by atoms with Gasteiger partial charge in [0.05, 0.1) is 9.79 Å². The Morgan fingerprint density at radius 2 is 1.61 bits per heavy atom. The van der Waals surface area contributed by atoms with Crippen molar-refractivity contribution in [2.75, 3.05) is 31.1 Å². The van der Waals surface area contributed by atoms with E-state index in [9.17, 15) is 30.7 Å². The maximum Gasteiger partial charge on any atom is 0.294 e. The summed E-state index contributed by atoms with van der Waals surface area (Å²) in [5.74, 6) is -0.0642. The van der Waals surface area contributed by atoms with Crippen LogP contribution in [0, 0.1) is 6.92 Å². The lowest BCUT2D eigenvalue weighted by molar-refractivity contribution is -0.121. The van der Waals surface area contributed by atoms with E-state index in [0.717, 1.165) is 48.2 Å². The van der Waals surface area contributed by atoms with E-state index in [1.807, 2.05) is 83.2 Å². The molecule has 0 radical (unpaired) electrons. The second-order valence-electron chi connectivity index (χ2n) is 15.6. The van der Waals surface area contributed by atoms with Gasteiger partial charge in [0.1, 0.15) is 0 Å². The number of amides is 1. The zero-order chi connectivity index (χ0) is 43.3. The molecule has 0 bridgehead atoms. The summed E-state index contributed by atoms with van der Waals surface area (Å²) in [6, 6.07) is 9.18. The summed E-state index contributed by atoms with van der Waals surface area (Å²) in [4.78, 5) is 21.9. The fraction of sp³-hybridized carbons (Fsp3) is 0.409. The third-order valence-electron chi connectivity index (χ3n) is 10.6. The molecule has 15 heteroatoms. The molecule has 2 aliphatic rings. The van der Waals surface area contributed by atoms with Crippen molar-refractivity contribution in [3.63, 3.8) is 0 Å². The van der Waals surface area contributed by atoms with Crippen LogP contribution in [0.1, 0.15) is 89.3 Å². The fourth-order valence-corrected chi connectivity index (χ4v) is 8.33. The first-order valence-electron chi connectivity index (χ1n) is 19.8. The molecule has 1 heterocycles. The molecule has 2 aromatic rings. The molecule has 0 spiro atoms. The molecule has 59 heavy (non-hydrogen) atoms. The normalized spacial score (nSPS) is 17.3. The van der Waals surface area contributed by atoms with E-state index in [1.165, 1.54) is 29.8 Å². The van der Waals surface area contributed by atoms with Gasteiger partial charge in [0.2, 0.25) is 5.91 Å². The predicted molar refractivity (Wildman–Crippen MR) is 235 cm³/mol. The van der Waals surface area contributed by atoms with Gasteiger partial charge in [-0.25, -0.2) is 0 Å². The Labute approximate surface area is 349 Å². The first-order chi connectivity index (χ1) is 27.9. The zero-order valence-corrected chi connectivity index (χ0v) is 36.1. The standard InChI is InChI=1S/C44H56N6O7S2/c1-33-23-24-35(58(52,53)54)31-37(33)43(2,3)40(46-27-15-19-34-17-10-7-6-8-11-18-34)20-14-21-41-44(4,5)38-32-36(59(55,56)57)25-26-39(38)50(41)30-13-9-12-22-42(51)47-28-16-29-48-49-45/h6-8,10-11,14,17-18,20-21,23-26,31-32H,9,12-13,15-16,19,22,27-30H2,1-5H3,(H,47,51)(H,52,53,54)(H,55,56,57)/b7-6-,8-6?,10-7?,11-8-,17-10?,18-11?,20-14+,34-17?,34-18?,41-21+,46-40?. The van der Waals surface area contributed by atoms with Gasteiger partial charge in [-0.3, -0.25) is 18.9 Å². The smallest absolute Gasteiger partial charge is 0.294 e. The number of nitrogens with one attached hydrogen (secondary N) is 1. The molecule has 2 aromatic carbocycles. The number of hydrogen-bond acceptors (Lipinski definition) is 8. The molecule has 3 N–H and O–H groups in total. The van der Waals surface area contributed by atoms with E-state index in [1.54, 1.807) is 12.1 Å². The maximum atomic E-state index is 12.3. The van der Waals surface area contributed by atoms with Crippen LogP contribution in [0.2, 0.25) is 0 Å². The number of fused-ring (bicyclic) bond motifs is 1. The molecular formula is C44H56N6O7S2. The van der Waals surface area contributed by atoms with E-state index in [-0.39, 0.29) is 15.7 Å². The molecule has 1 aliphatic carbocycles. The van der Waals surface area contributed by atoms with Crippen molar-refractivity contribution in [2.24, 2.45) is 10.1 Å². The van der Waals surface area contributed by atoms with Gasteiger partial charge in [-0.05, 0) is 109 Å². The lowest BCUT2D eigenvalue weighted by Crippen LogP contribution is -2.29. The quantitative estimate of drug-likeness (QED) is 0.0292. The van der Waals surface area contributed by atoms with E-state index < -0.39 is 31.1 Å². The molecule has 1 amide bonds. The van der Waals surface area contributed by atoms with Gasteiger partial charge >= 0.3 is 0 Å². The van der Waals surface area contributed by atoms with Gasteiger partial charge in [-0.2, -0.15) is 16.8 Å². The number of nitrogens with zero attached hydrogens (tertiary/aromatic N) is 5. The highest BCUT2D eigenvalue weighted by Gasteiger charge is 2.40. The largest absolute Gasteiger partial charge is 0.356 e. The molecule has 0 unspecified atom stereocenters. The molecule has 0 atom stereocenters. The number of rotatable bonds is 20. The number of allylic oxidation sites excluding steroid dienone is 12. The van der Waals surface area contributed by atoms with Gasteiger partial charge in [0.15, 0.2) is 0 Å². The second kappa shape index (κ2) is 20.8. The Morgan fingerprint density at radius 1 is 0.915 bits per heavy atom. The number of anilines is 1. The van der Waals surface area contributed by atoms with Crippen molar-refractivity contribution >= 4 is 37.5 Å². The average molecular weight is 845 g/mol. The summed E-state index contributed by atoms with van der Waals surface area (Å²) in [5.41, 5.74) is 12.8. The highest BCUT2D eigenvalue weighted by atomic mass is 32.2. The van der Waals surface area contributed by atoms with Crippen molar-refractivity contribution < 1.29 is 30.7 Å². The molecule has 0 aromatic heterocycles. The molecule has 4 rings (SSSR count). The molecule has 0 saturated carbocycles. The van der Waals surface area contributed by atoms with Crippen LogP contribution in [0.25, 0.3) is 10.4 Å². The van der Waals surface area contributed by atoms with Crippen molar-refractivity contribution in [2.45, 2.75) is 100 Å². The third kappa shape index (κ3) is 13.0. The molecule has 316 valence electrons. The SMILES string of the molecule is Cc1ccc(S(=O)(=O)O)cc1C(C)(C)C(/C=C/C=C1/N(CCCCCC(=O)NCCCN=[N+]=[N-])c2ccc(S(=O)(=O)O)cc2C1(C)C)=NCCCC1=C/C=C\C=C/C=C1. The van der Waals surface area contributed by atoms with E-state index in [0.29, 0.717) is 56.7 Å². The van der Waals surface area contributed by atoms with Gasteiger partial charge < -0.3 is 10.2 Å². The lowest BCUT2D eigenvalue weighted by atomic mass is 9.77. The Balaban J connectivity index is 1.65. The minimum Gasteiger partial charge on any atom is -0.356 e. The Bertz CT molecular complexity index is 2350. The van der Waals surface area contributed by atoms with Crippen molar-refractivity contribution in [1.29, 1.82) is 0 Å². The molecule has 0 saturated heterocycles. The van der Waals surface area contributed by atoms with Crippen LogP contribution < -0.4 is 10.2 Å². The summed E-state index contributed by atoms with van der Waals surface area (Å²) >= 11 is 0. The van der Waals surface area contributed by atoms with Crippen LogP contribution in [0.5, 0.6) is 0 Å². The Kier molecular flexibility index (Phi) is 16.4. The van der Waals surface area contributed by atoms with Gasteiger partial charge in [-0.15, -0.1) is 0 Å². The van der Waals surface area contributed by atoms with Gasteiger partial charge in [0, 0.05) is 65.4 Å². The predicted octanol–water partition coefficient (Wildman–Crippen LogP) is 9.21. The topological polar surface area (TPSA) is 202 Å². The molecule has 0 fully saturated rings.